The molecule has 0 saturated heterocycles. The normalized spacial score (nSPS) is 31.1. The third kappa shape index (κ3) is 2.35. The molecule has 2 N–H and O–H groups in total. The molecule has 0 bridgehead atoms. The third-order valence-electron chi connectivity index (χ3n) is 3.49. The predicted molar refractivity (Wildman–Crippen MR) is 58.0 cm³/mol. The Hall–Kier alpha value is -1.10. The van der Waals surface area contributed by atoms with Crippen molar-refractivity contribution in [3.8, 4) is 0 Å². The standard InChI is InChI=1S/C11H19NO4/c1-7(16-3)9(13)12-8-5-4-6-11(8,2)10(14)15/h7-8H,4-6H2,1-3H3,(H,12,13)(H,14,15). The molecule has 1 saturated carbocycles. The third-order valence-corrected chi connectivity index (χ3v) is 3.49. The van der Waals surface area contributed by atoms with Gasteiger partial charge in [0.05, 0.1) is 5.41 Å². The summed E-state index contributed by atoms with van der Waals surface area (Å²) in [5.41, 5.74) is -0.844. The van der Waals surface area contributed by atoms with Crippen molar-refractivity contribution in [1.29, 1.82) is 0 Å². The summed E-state index contributed by atoms with van der Waals surface area (Å²) >= 11 is 0. The predicted octanol–water partition coefficient (Wildman–Crippen LogP) is 0.781. The number of nitrogens with one attached hydrogen (secondary N) is 1. The summed E-state index contributed by atoms with van der Waals surface area (Å²) in [4.78, 5) is 22.8. The maximum Gasteiger partial charge on any atom is 0.311 e. The average molecular weight is 229 g/mol. The van der Waals surface area contributed by atoms with Crippen LogP contribution in [-0.4, -0.2) is 36.2 Å². The number of carbonyl (C=O) groups is 2. The lowest BCUT2D eigenvalue weighted by Gasteiger charge is -2.28. The number of methoxy groups -OCH3 is 1. The van der Waals surface area contributed by atoms with Crippen LogP contribution in [0.3, 0.4) is 0 Å². The lowest BCUT2D eigenvalue weighted by Crippen LogP contribution is -2.49. The van der Waals surface area contributed by atoms with Crippen molar-refractivity contribution in [2.75, 3.05) is 7.11 Å². The molecule has 1 amide bonds. The topological polar surface area (TPSA) is 75.6 Å². The highest BCUT2D eigenvalue weighted by atomic mass is 16.5. The second-order valence-electron chi connectivity index (χ2n) is 4.55. The Kier molecular flexibility index (Phi) is 3.91. The van der Waals surface area contributed by atoms with Crippen LogP contribution in [0.2, 0.25) is 0 Å². The first-order chi connectivity index (χ1) is 7.41. The highest BCUT2D eigenvalue weighted by Gasteiger charge is 2.46. The van der Waals surface area contributed by atoms with E-state index in [0.717, 1.165) is 6.42 Å². The quantitative estimate of drug-likeness (QED) is 0.747. The van der Waals surface area contributed by atoms with E-state index in [1.807, 2.05) is 0 Å². The highest BCUT2D eigenvalue weighted by molar-refractivity contribution is 5.82. The summed E-state index contributed by atoms with van der Waals surface area (Å²) < 4.78 is 4.89. The van der Waals surface area contributed by atoms with Crippen LogP contribution in [0.4, 0.5) is 0 Å². The van der Waals surface area contributed by atoms with Crippen molar-refractivity contribution in [2.45, 2.75) is 45.3 Å². The minimum Gasteiger partial charge on any atom is -0.481 e. The molecular weight excluding hydrogens is 210 g/mol. The second-order valence-corrected chi connectivity index (χ2v) is 4.55. The van der Waals surface area contributed by atoms with Gasteiger partial charge in [-0.05, 0) is 26.7 Å². The number of hydrogen-bond acceptors (Lipinski definition) is 3. The van der Waals surface area contributed by atoms with Gasteiger partial charge in [-0.1, -0.05) is 6.42 Å². The molecule has 1 aliphatic rings. The van der Waals surface area contributed by atoms with E-state index >= 15 is 0 Å². The van der Waals surface area contributed by atoms with Gasteiger partial charge in [-0.3, -0.25) is 9.59 Å². The number of carboxylic acid groups (broad SMARTS) is 1. The van der Waals surface area contributed by atoms with Crippen molar-refractivity contribution in [1.82, 2.24) is 5.32 Å². The zero-order chi connectivity index (χ0) is 12.3. The number of carbonyl (C=O) groups excluding carboxylic acids is 1. The summed E-state index contributed by atoms with van der Waals surface area (Å²) in [7, 11) is 1.45. The Morgan fingerprint density at radius 1 is 1.56 bits per heavy atom. The van der Waals surface area contributed by atoms with Crippen molar-refractivity contribution in [2.24, 2.45) is 5.41 Å². The minimum absolute atomic E-state index is 0.248. The molecule has 5 heteroatoms. The Morgan fingerprint density at radius 3 is 2.69 bits per heavy atom. The number of rotatable bonds is 4. The van der Waals surface area contributed by atoms with Gasteiger partial charge in [-0.15, -0.1) is 0 Å². The molecule has 0 radical (unpaired) electrons. The van der Waals surface area contributed by atoms with Crippen LogP contribution in [0.25, 0.3) is 0 Å². The Balaban J connectivity index is 2.67. The number of amides is 1. The van der Waals surface area contributed by atoms with E-state index in [-0.39, 0.29) is 11.9 Å². The summed E-state index contributed by atoms with van der Waals surface area (Å²) in [6.07, 6.45) is 1.60. The second kappa shape index (κ2) is 4.82. The fraction of sp³-hybridized carbons (Fsp3) is 0.818. The molecule has 1 fully saturated rings. The molecule has 16 heavy (non-hydrogen) atoms. The summed E-state index contributed by atoms with van der Waals surface area (Å²) in [6.45, 7) is 3.33. The number of aliphatic carboxylic acids is 1. The van der Waals surface area contributed by atoms with Gasteiger partial charge in [-0.2, -0.15) is 0 Å². The van der Waals surface area contributed by atoms with Crippen LogP contribution in [0.1, 0.15) is 33.1 Å². The molecule has 1 aliphatic carbocycles. The average Bonchev–Trinajstić information content (AvgIpc) is 2.60. The van der Waals surface area contributed by atoms with E-state index in [0.29, 0.717) is 12.8 Å². The highest BCUT2D eigenvalue weighted by Crippen LogP contribution is 2.38. The molecule has 3 unspecified atom stereocenters. The first-order valence-electron chi connectivity index (χ1n) is 5.48. The molecule has 3 atom stereocenters. The van der Waals surface area contributed by atoms with Crippen LogP contribution in [0.15, 0.2) is 0 Å². The molecular formula is C11H19NO4. The molecule has 0 spiro atoms. The SMILES string of the molecule is COC(C)C(=O)NC1CCCC1(C)C(=O)O. The number of hydrogen-bond donors (Lipinski definition) is 2. The summed E-state index contributed by atoms with van der Waals surface area (Å²) in [5.74, 6) is -1.10. The molecule has 5 nitrogen and oxygen atoms in total. The van der Waals surface area contributed by atoms with E-state index in [4.69, 9.17) is 9.84 Å². The van der Waals surface area contributed by atoms with Gasteiger partial charge in [0.25, 0.3) is 0 Å². The molecule has 0 aliphatic heterocycles. The number of ether oxygens (including phenoxy) is 1. The zero-order valence-corrected chi connectivity index (χ0v) is 9.95. The fourth-order valence-electron chi connectivity index (χ4n) is 2.05. The van der Waals surface area contributed by atoms with E-state index in [1.54, 1.807) is 13.8 Å². The Bertz CT molecular complexity index is 292. The van der Waals surface area contributed by atoms with E-state index in [1.165, 1.54) is 7.11 Å². The molecule has 0 aromatic heterocycles. The monoisotopic (exact) mass is 229 g/mol. The molecule has 0 aromatic carbocycles. The lowest BCUT2D eigenvalue weighted by atomic mass is 9.85. The van der Waals surface area contributed by atoms with Crippen LogP contribution in [0, 0.1) is 5.41 Å². The van der Waals surface area contributed by atoms with Crippen LogP contribution in [-0.2, 0) is 14.3 Å². The maximum absolute atomic E-state index is 11.6. The Labute approximate surface area is 95.2 Å². The van der Waals surface area contributed by atoms with Gasteiger partial charge in [0.1, 0.15) is 6.10 Å². The van der Waals surface area contributed by atoms with Gasteiger partial charge in [0.15, 0.2) is 0 Å². The minimum atomic E-state index is -0.847. The van der Waals surface area contributed by atoms with Gasteiger partial charge < -0.3 is 15.2 Å². The zero-order valence-electron chi connectivity index (χ0n) is 9.95. The molecule has 0 aromatic rings. The van der Waals surface area contributed by atoms with Gasteiger partial charge in [0.2, 0.25) is 5.91 Å². The largest absolute Gasteiger partial charge is 0.481 e. The first-order valence-corrected chi connectivity index (χ1v) is 5.48. The van der Waals surface area contributed by atoms with Crippen LogP contribution >= 0.6 is 0 Å². The van der Waals surface area contributed by atoms with Crippen molar-refractivity contribution < 1.29 is 19.4 Å². The van der Waals surface area contributed by atoms with Crippen LogP contribution < -0.4 is 5.32 Å². The van der Waals surface area contributed by atoms with Crippen molar-refractivity contribution in [3.63, 3.8) is 0 Å². The van der Waals surface area contributed by atoms with Crippen molar-refractivity contribution in [3.05, 3.63) is 0 Å². The van der Waals surface area contributed by atoms with E-state index < -0.39 is 17.5 Å². The summed E-state index contributed by atoms with van der Waals surface area (Å²) in [5, 5.41) is 11.9. The van der Waals surface area contributed by atoms with Crippen molar-refractivity contribution >= 4 is 11.9 Å². The maximum atomic E-state index is 11.6. The summed E-state index contributed by atoms with van der Waals surface area (Å²) in [6, 6.07) is -0.296. The van der Waals surface area contributed by atoms with Crippen LogP contribution in [0.5, 0.6) is 0 Å². The molecule has 1 rings (SSSR count). The van der Waals surface area contributed by atoms with Gasteiger partial charge in [-0.25, -0.2) is 0 Å². The van der Waals surface area contributed by atoms with E-state index in [2.05, 4.69) is 5.32 Å². The van der Waals surface area contributed by atoms with E-state index in [9.17, 15) is 9.59 Å². The molecule has 92 valence electrons. The molecule has 0 heterocycles. The Morgan fingerprint density at radius 2 is 2.19 bits per heavy atom. The lowest BCUT2D eigenvalue weighted by molar-refractivity contribution is -0.149. The number of carboxylic acids is 1. The van der Waals surface area contributed by atoms with Gasteiger partial charge >= 0.3 is 5.97 Å². The fourth-order valence-corrected chi connectivity index (χ4v) is 2.05. The smallest absolute Gasteiger partial charge is 0.311 e. The van der Waals surface area contributed by atoms with Gasteiger partial charge in [0, 0.05) is 13.2 Å². The first kappa shape index (κ1) is 13.0.